The van der Waals surface area contributed by atoms with Crippen molar-refractivity contribution in [2.45, 2.75) is 19.1 Å². The predicted octanol–water partition coefficient (Wildman–Crippen LogP) is 1.77. The number of aliphatic hydroxyl groups excluding tert-OH is 1. The molecule has 0 aliphatic carbocycles. The molecule has 0 aliphatic rings. The molecule has 2 N–H and O–H groups in total. The highest BCUT2D eigenvalue weighted by Crippen LogP contribution is 1.98. The summed E-state index contributed by atoms with van der Waals surface area (Å²) < 4.78 is 0. The number of hydrogen-bond acceptors (Lipinski definition) is 2. The Kier molecular flexibility index (Phi) is 5.60. The average Bonchev–Trinajstić information content (AvgIpc) is 2.25. The summed E-state index contributed by atoms with van der Waals surface area (Å²) in [6.45, 7) is 1.64. The van der Waals surface area contributed by atoms with Crippen molar-refractivity contribution in [2.24, 2.45) is 0 Å². The van der Waals surface area contributed by atoms with Gasteiger partial charge in [0.25, 0.3) is 0 Å². The van der Waals surface area contributed by atoms with Gasteiger partial charge in [-0.05, 0) is 18.5 Å². The van der Waals surface area contributed by atoms with Crippen LogP contribution in [0.1, 0.15) is 12.0 Å². The Morgan fingerprint density at radius 2 is 2.00 bits per heavy atom. The van der Waals surface area contributed by atoms with Crippen molar-refractivity contribution in [3.8, 4) is 0 Å². The van der Waals surface area contributed by atoms with E-state index in [2.05, 4.69) is 17.4 Å². The first kappa shape index (κ1) is 11.5. The Labute approximate surface area is 89.9 Å². The highest BCUT2D eigenvalue weighted by Gasteiger charge is 2.00. The minimum absolute atomic E-state index is 0.313. The van der Waals surface area contributed by atoms with Gasteiger partial charge in [0.15, 0.2) is 0 Å². The summed E-state index contributed by atoms with van der Waals surface area (Å²) >= 11 is 5.47. The molecule has 2 nitrogen and oxygen atoms in total. The maximum Gasteiger partial charge on any atom is 0.0687 e. The van der Waals surface area contributed by atoms with Crippen molar-refractivity contribution in [3.05, 3.63) is 35.9 Å². The van der Waals surface area contributed by atoms with E-state index in [-0.39, 0.29) is 6.10 Å². The van der Waals surface area contributed by atoms with Crippen molar-refractivity contribution < 1.29 is 5.11 Å². The minimum Gasteiger partial charge on any atom is -0.392 e. The van der Waals surface area contributed by atoms with Crippen LogP contribution in [0.2, 0.25) is 0 Å². The molecule has 1 atom stereocenters. The first-order valence-electron chi connectivity index (χ1n) is 4.81. The van der Waals surface area contributed by atoms with Gasteiger partial charge in [0.2, 0.25) is 0 Å². The second-order valence-electron chi connectivity index (χ2n) is 3.26. The molecule has 3 heteroatoms. The summed E-state index contributed by atoms with van der Waals surface area (Å²) in [6.07, 6.45) is 0.316. The zero-order chi connectivity index (χ0) is 10.2. The Balaban J connectivity index is 2.10. The van der Waals surface area contributed by atoms with E-state index in [1.54, 1.807) is 0 Å². The van der Waals surface area contributed by atoms with Crippen LogP contribution >= 0.6 is 11.6 Å². The Morgan fingerprint density at radius 3 is 2.64 bits per heavy atom. The zero-order valence-electron chi connectivity index (χ0n) is 8.12. The van der Waals surface area contributed by atoms with E-state index in [4.69, 9.17) is 11.6 Å². The highest BCUT2D eigenvalue weighted by atomic mass is 35.5. The van der Waals surface area contributed by atoms with Gasteiger partial charge in [-0.25, -0.2) is 0 Å². The maximum atomic E-state index is 9.18. The highest BCUT2D eigenvalue weighted by molar-refractivity contribution is 6.18. The summed E-state index contributed by atoms with van der Waals surface area (Å²) in [7, 11) is 0. The van der Waals surface area contributed by atoms with Crippen molar-refractivity contribution in [1.29, 1.82) is 0 Å². The van der Waals surface area contributed by atoms with Gasteiger partial charge >= 0.3 is 0 Å². The van der Waals surface area contributed by atoms with Gasteiger partial charge in [-0.2, -0.15) is 0 Å². The van der Waals surface area contributed by atoms with E-state index in [1.165, 1.54) is 5.56 Å². The molecule has 0 amide bonds. The lowest BCUT2D eigenvalue weighted by molar-refractivity contribution is 0.187. The van der Waals surface area contributed by atoms with Gasteiger partial charge in [-0.1, -0.05) is 30.3 Å². The standard InChI is InChI=1S/C11H16ClNO/c12-8-11(14)6-7-13-9-10-4-2-1-3-5-10/h1-5,11,13-14H,6-9H2. The number of benzene rings is 1. The van der Waals surface area contributed by atoms with E-state index in [0.717, 1.165) is 13.1 Å². The lowest BCUT2D eigenvalue weighted by Gasteiger charge is -2.07. The number of rotatable bonds is 6. The summed E-state index contributed by atoms with van der Waals surface area (Å²) in [6, 6.07) is 10.2. The maximum absolute atomic E-state index is 9.18. The van der Waals surface area contributed by atoms with E-state index in [1.807, 2.05) is 18.2 Å². The van der Waals surface area contributed by atoms with Crippen LogP contribution in [0.5, 0.6) is 0 Å². The molecule has 78 valence electrons. The van der Waals surface area contributed by atoms with Crippen LogP contribution in [0.3, 0.4) is 0 Å². The lowest BCUT2D eigenvalue weighted by Crippen LogP contribution is -2.20. The minimum atomic E-state index is -0.389. The van der Waals surface area contributed by atoms with Crippen LogP contribution in [0.25, 0.3) is 0 Å². The van der Waals surface area contributed by atoms with Gasteiger partial charge in [0, 0.05) is 12.4 Å². The van der Waals surface area contributed by atoms with Gasteiger partial charge in [0.1, 0.15) is 0 Å². The molecule has 1 aromatic carbocycles. The van der Waals surface area contributed by atoms with Crippen LogP contribution in [-0.4, -0.2) is 23.6 Å². The van der Waals surface area contributed by atoms with Crippen molar-refractivity contribution >= 4 is 11.6 Å². The molecule has 0 aliphatic heterocycles. The Bertz CT molecular complexity index is 240. The fourth-order valence-electron chi connectivity index (χ4n) is 1.17. The molecule has 1 rings (SSSR count). The lowest BCUT2D eigenvalue weighted by atomic mass is 10.2. The summed E-state index contributed by atoms with van der Waals surface area (Å²) in [5.74, 6) is 0.313. The molecule has 0 fully saturated rings. The molecule has 0 saturated carbocycles. The molecule has 0 saturated heterocycles. The quantitative estimate of drug-likeness (QED) is 0.558. The van der Waals surface area contributed by atoms with Gasteiger partial charge in [-0.3, -0.25) is 0 Å². The van der Waals surface area contributed by atoms with Gasteiger partial charge in [0.05, 0.1) is 6.10 Å². The molecular weight excluding hydrogens is 198 g/mol. The van der Waals surface area contributed by atoms with Crippen LogP contribution in [0.4, 0.5) is 0 Å². The third kappa shape index (κ3) is 4.61. The smallest absolute Gasteiger partial charge is 0.0687 e. The Hall–Kier alpha value is -0.570. The number of aliphatic hydroxyl groups is 1. The summed E-state index contributed by atoms with van der Waals surface area (Å²) in [5, 5.41) is 12.4. The second kappa shape index (κ2) is 6.82. The molecule has 14 heavy (non-hydrogen) atoms. The number of alkyl halides is 1. The Morgan fingerprint density at radius 1 is 1.29 bits per heavy atom. The fraction of sp³-hybridized carbons (Fsp3) is 0.455. The summed E-state index contributed by atoms with van der Waals surface area (Å²) in [4.78, 5) is 0. The molecule has 0 heterocycles. The second-order valence-corrected chi connectivity index (χ2v) is 3.57. The first-order chi connectivity index (χ1) is 6.83. The van der Waals surface area contributed by atoms with E-state index in [9.17, 15) is 5.11 Å². The molecular formula is C11H16ClNO. The fourth-order valence-corrected chi connectivity index (χ4v) is 1.33. The van der Waals surface area contributed by atoms with Crippen LogP contribution in [-0.2, 0) is 6.54 Å². The molecule has 0 bridgehead atoms. The van der Waals surface area contributed by atoms with Gasteiger partial charge in [-0.15, -0.1) is 11.6 Å². The first-order valence-corrected chi connectivity index (χ1v) is 5.35. The largest absolute Gasteiger partial charge is 0.392 e. The molecule has 1 unspecified atom stereocenters. The molecule has 0 aromatic heterocycles. The summed E-state index contributed by atoms with van der Waals surface area (Å²) in [5.41, 5.74) is 1.26. The number of halogens is 1. The van der Waals surface area contributed by atoms with Crippen LogP contribution in [0.15, 0.2) is 30.3 Å². The van der Waals surface area contributed by atoms with Crippen molar-refractivity contribution in [3.63, 3.8) is 0 Å². The van der Waals surface area contributed by atoms with Crippen molar-refractivity contribution in [1.82, 2.24) is 5.32 Å². The average molecular weight is 214 g/mol. The SMILES string of the molecule is OC(CCl)CCNCc1ccccc1. The normalized spacial score (nSPS) is 12.7. The topological polar surface area (TPSA) is 32.3 Å². The third-order valence-corrected chi connectivity index (χ3v) is 2.36. The zero-order valence-corrected chi connectivity index (χ0v) is 8.87. The van der Waals surface area contributed by atoms with Gasteiger partial charge < -0.3 is 10.4 Å². The van der Waals surface area contributed by atoms with E-state index < -0.39 is 0 Å². The predicted molar refractivity (Wildman–Crippen MR) is 59.5 cm³/mol. The number of hydrogen-bond donors (Lipinski definition) is 2. The van der Waals surface area contributed by atoms with Crippen LogP contribution in [0, 0.1) is 0 Å². The molecule has 0 spiro atoms. The molecule has 0 radical (unpaired) electrons. The number of nitrogens with one attached hydrogen (secondary N) is 1. The van der Waals surface area contributed by atoms with Crippen molar-refractivity contribution in [2.75, 3.05) is 12.4 Å². The molecule has 1 aromatic rings. The van der Waals surface area contributed by atoms with E-state index >= 15 is 0 Å². The van der Waals surface area contributed by atoms with E-state index in [0.29, 0.717) is 12.3 Å². The van der Waals surface area contributed by atoms with Crippen LogP contribution < -0.4 is 5.32 Å². The monoisotopic (exact) mass is 213 g/mol. The third-order valence-electron chi connectivity index (χ3n) is 2.00.